The quantitative estimate of drug-likeness (QED) is 0.700. The van der Waals surface area contributed by atoms with E-state index in [1.807, 2.05) is 0 Å². The summed E-state index contributed by atoms with van der Waals surface area (Å²) in [6, 6.07) is 0. The van der Waals surface area contributed by atoms with Crippen LogP contribution in [0.3, 0.4) is 0 Å². The highest BCUT2D eigenvalue weighted by Gasteiger charge is 2.37. The summed E-state index contributed by atoms with van der Waals surface area (Å²) in [5.41, 5.74) is 0. The zero-order chi connectivity index (χ0) is 11.2. The molecule has 2 aliphatic rings. The molecule has 1 N–H and O–H groups in total. The fourth-order valence-corrected chi connectivity index (χ4v) is 14.1. The molecule has 2 unspecified atom stereocenters. The van der Waals surface area contributed by atoms with Crippen LogP contribution in [0.2, 0.25) is 0 Å². The Labute approximate surface area is 102 Å². The molecule has 2 atom stereocenters. The number of fused-ring (bicyclic) bond motifs is 1. The maximum absolute atomic E-state index is 6.13. The molecule has 2 bridgehead atoms. The Morgan fingerprint density at radius 1 is 1.27 bits per heavy atom. The van der Waals surface area contributed by atoms with Crippen molar-refractivity contribution in [3.05, 3.63) is 0 Å². The zero-order valence-corrected chi connectivity index (χ0v) is 12.5. The van der Waals surface area contributed by atoms with Gasteiger partial charge in [0.25, 0.3) is 13.5 Å². The minimum absolute atomic E-state index is 0.388. The molecule has 2 rings (SSSR count). The Morgan fingerprint density at radius 3 is 2.67 bits per heavy atom. The van der Waals surface area contributed by atoms with E-state index in [2.05, 4.69) is 18.6 Å². The highest BCUT2D eigenvalue weighted by molar-refractivity contribution is 8.15. The summed E-state index contributed by atoms with van der Waals surface area (Å²) in [5.74, 6) is -2.83. The number of rotatable bonds is 1. The van der Waals surface area contributed by atoms with Gasteiger partial charge >= 0.3 is 6.78 Å². The van der Waals surface area contributed by atoms with Gasteiger partial charge in [-0.25, -0.2) is 5.09 Å². The van der Waals surface area contributed by atoms with Crippen molar-refractivity contribution in [3.63, 3.8) is 0 Å². The van der Waals surface area contributed by atoms with Gasteiger partial charge in [0, 0.05) is 13.7 Å². The summed E-state index contributed by atoms with van der Waals surface area (Å²) in [4.78, 5) is 0. The molecule has 6 nitrogen and oxygen atoms in total. The molecule has 0 saturated carbocycles. The van der Waals surface area contributed by atoms with E-state index in [1.165, 1.54) is 7.11 Å². The number of hydrogen-bond acceptors (Lipinski definition) is 6. The normalized spacial score (nSPS) is 43.2. The maximum Gasteiger partial charge on any atom is 0.300 e. The van der Waals surface area contributed by atoms with Crippen molar-refractivity contribution in [2.75, 3.05) is 20.3 Å². The molecule has 15 heavy (non-hydrogen) atoms. The van der Waals surface area contributed by atoms with Gasteiger partial charge in [0.05, 0.1) is 6.61 Å². The molecule has 0 aromatic rings. The molecule has 0 spiro atoms. The first-order chi connectivity index (χ1) is 6.89. The molecule has 0 aromatic heterocycles. The zero-order valence-electron chi connectivity index (χ0n) is 7.55. The van der Waals surface area contributed by atoms with Crippen LogP contribution in [0.25, 0.3) is 0 Å². The fraction of sp³-hybridized carbons (Fsp3) is 1.00. The van der Waals surface area contributed by atoms with Crippen molar-refractivity contribution in [1.82, 2.24) is 5.09 Å². The largest absolute Gasteiger partial charge is 0.319 e. The van der Waals surface area contributed by atoms with Crippen LogP contribution < -0.4 is 5.09 Å². The lowest BCUT2D eigenvalue weighted by molar-refractivity contribution is 0.361. The van der Waals surface area contributed by atoms with Crippen LogP contribution in [-0.4, -0.2) is 20.3 Å². The Morgan fingerprint density at radius 2 is 2.00 bits per heavy atom. The van der Waals surface area contributed by atoms with Crippen molar-refractivity contribution in [2.45, 2.75) is 0 Å². The minimum Gasteiger partial charge on any atom is -0.319 e. The topological polar surface area (TPSA) is 67.6 Å². The van der Waals surface area contributed by atoms with Gasteiger partial charge in [-0.2, -0.15) is 13.5 Å². The monoisotopic (exact) mass is 330 g/mol. The molecule has 2 aliphatic heterocycles. The molecule has 2 heterocycles. The molecule has 0 aliphatic carbocycles. The first-order valence-electron chi connectivity index (χ1n) is 3.85. The van der Waals surface area contributed by atoms with Crippen molar-refractivity contribution in [1.29, 1.82) is 0 Å². The average Bonchev–Trinajstić information content (AvgIpc) is 2.21. The molecule has 0 radical (unpaired) electrons. The Kier molecular flexibility index (Phi) is 3.67. The number of nitrogens with zero attached hydrogens (tertiary/aromatic N) is 3. The third-order valence-electron chi connectivity index (χ3n) is 1.61. The van der Waals surface area contributed by atoms with Crippen LogP contribution in [0.5, 0.6) is 0 Å². The summed E-state index contributed by atoms with van der Waals surface area (Å²) in [6.45, 7) is -1.86. The number of hydrogen-bond donors (Lipinski definition) is 1. The summed E-state index contributed by atoms with van der Waals surface area (Å²) in [6.07, 6.45) is 0. The van der Waals surface area contributed by atoms with Crippen LogP contribution in [0.4, 0.5) is 0 Å². The van der Waals surface area contributed by atoms with E-state index in [4.69, 9.17) is 42.8 Å². The fourth-order valence-electron chi connectivity index (χ4n) is 1.09. The molecule has 0 saturated heterocycles. The van der Waals surface area contributed by atoms with Gasteiger partial charge in [-0.1, -0.05) is 0 Å². The highest BCUT2D eigenvalue weighted by atomic mass is 35.9. The van der Waals surface area contributed by atoms with Crippen molar-refractivity contribution in [3.8, 4) is 0 Å². The third-order valence-corrected chi connectivity index (χ3v) is 12.6. The third kappa shape index (κ3) is 2.82. The second-order valence-corrected chi connectivity index (χ2v) is 13.4. The Balaban J connectivity index is 2.67. The van der Waals surface area contributed by atoms with Crippen LogP contribution in [0.1, 0.15) is 0 Å². The van der Waals surface area contributed by atoms with Crippen molar-refractivity contribution >= 4 is 54.0 Å². The first kappa shape index (κ1) is 12.9. The summed E-state index contributed by atoms with van der Waals surface area (Å²) in [5, 5.41) is 3.03. The molecular formula is C3H8Cl3N4O2P3. The van der Waals surface area contributed by atoms with Gasteiger partial charge in [0.2, 0.25) is 0 Å². The molecule has 0 amide bonds. The molecular weight excluding hydrogens is 323 g/mol. The maximum atomic E-state index is 6.13. The van der Waals surface area contributed by atoms with Gasteiger partial charge in [0.1, 0.15) is 0 Å². The van der Waals surface area contributed by atoms with Gasteiger partial charge in [0.15, 0.2) is 0 Å². The second-order valence-electron chi connectivity index (χ2n) is 2.66. The average molecular weight is 331 g/mol. The molecule has 88 valence electrons. The first-order valence-corrected chi connectivity index (χ1v) is 11.5. The van der Waals surface area contributed by atoms with E-state index in [1.54, 1.807) is 0 Å². The van der Waals surface area contributed by atoms with Gasteiger partial charge in [-0.3, -0.25) is 0 Å². The van der Waals surface area contributed by atoms with E-state index in [0.717, 1.165) is 0 Å². The smallest absolute Gasteiger partial charge is 0.300 e. The Bertz CT molecular complexity index is 444. The molecule has 12 heteroatoms. The van der Waals surface area contributed by atoms with E-state index in [0.29, 0.717) is 13.2 Å². The summed E-state index contributed by atoms with van der Waals surface area (Å²) < 4.78 is 23.0. The van der Waals surface area contributed by atoms with Crippen LogP contribution in [0.15, 0.2) is 13.5 Å². The van der Waals surface area contributed by atoms with Crippen molar-refractivity contribution < 1.29 is 9.05 Å². The van der Waals surface area contributed by atoms with Gasteiger partial charge < -0.3 is 9.05 Å². The predicted octanol–water partition coefficient (Wildman–Crippen LogP) is 4.82. The van der Waals surface area contributed by atoms with Crippen LogP contribution in [0, 0.1) is 0 Å². The SMILES string of the molecule is COP12=NP(Cl)(Cl)=NP(Cl)(=N1)OCCN2. The van der Waals surface area contributed by atoms with E-state index in [9.17, 15) is 0 Å². The molecule has 0 aromatic carbocycles. The molecule has 0 fully saturated rings. The standard InChI is InChI=1S/C3H8Cl3N4O2P3/c1-11-15-7-2-3-12-14(6,10-15)8-13(4,5)9-15/h7H,2-3H2,1H3. The summed E-state index contributed by atoms with van der Waals surface area (Å²) in [7, 11) is -1.08. The van der Waals surface area contributed by atoms with E-state index in [-0.39, 0.29) is 0 Å². The lowest BCUT2D eigenvalue weighted by Gasteiger charge is -2.23. The highest BCUT2D eigenvalue weighted by Crippen LogP contribution is 2.83. The number of nitrogens with one attached hydrogen (secondary N) is 1. The Hall–Kier alpha value is 1.44. The minimum atomic E-state index is -2.83. The van der Waals surface area contributed by atoms with Crippen LogP contribution in [-0.2, 0) is 9.05 Å². The van der Waals surface area contributed by atoms with Crippen molar-refractivity contribution in [2.24, 2.45) is 13.5 Å². The van der Waals surface area contributed by atoms with E-state index >= 15 is 0 Å². The van der Waals surface area contributed by atoms with Crippen LogP contribution >= 0.6 is 54.0 Å². The second kappa shape index (κ2) is 4.28. The lowest BCUT2D eigenvalue weighted by Crippen LogP contribution is -2.13. The lowest BCUT2D eigenvalue weighted by atomic mass is 10.8. The summed E-state index contributed by atoms with van der Waals surface area (Å²) >= 11 is 18.0. The van der Waals surface area contributed by atoms with E-state index < -0.39 is 20.3 Å². The van der Waals surface area contributed by atoms with Gasteiger partial charge in [-0.15, -0.1) is 0 Å². The van der Waals surface area contributed by atoms with Gasteiger partial charge in [-0.05, 0) is 33.7 Å². The predicted molar refractivity (Wildman–Crippen MR) is 66.6 cm³/mol. The number of halogens is 3.